The van der Waals surface area contributed by atoms with Crippen molar-refractivity contribution in [1.82, 2.24) is 5.32 Å². The Hall–Kier alpha value is -2.47. The van der Waals surface area contributed by atoms with Crippen LogP contribution in [-0.4, -0.2) is 24.2 Å². The first-order chi connectivity index (χ1) is 11.9. The summed E-state index contributed by atoms with van der Waals surface area (Å²) >= 11 is 0. The summed E-state index contributed by atoms with van der Waals surface area (Å²) in [4.78, 5) is 12.0. The third-order valence-electron chi connectivity index (χ3n) is 3.95. The summed E-state index contributed by atoms with van der Waals surface area (Å²) in [5, 5.41) is 13.0. The van der Waals surface area contributed by atoms with Gasteiger partial charge in [0.1, 0.15) is 17.4 Å². The van der Waals surface area contributed by atoms with Gasteiger partial charge >= 0.3 is 0 Å². The molecule has 25 heavy (non-hydrogen) atoms. The van der Waals surface area contributed by atoms with Crippen molar-refractivity contribution in [1.29, 1.82) is 0 Å². The second kappa shape index (κ2) is 8.58. The molecule has 2 N–H and O–H groups in total. The number of ether oxygens (including phenoxy) is 1. The standard InChI is InChI=1S/C19H21F2NO3/c1-12(19(24)13-3-7-16(25-2)8-4-13)22-18(23)10-5-14-11-15(20)6-9-17(14)21/h3-4,6-9,11-12,19,24H,5,10H2,1-2H3,(H,22,23). The summed E-state index contributed by atoms with van der Waals surface area (Å²) in [6.45, 7) is 1.68. The summed E-state index contributed by atoms with van der Waals surface area (Å²) in [7, 11) is 1.55. The lowest BCUT2D eigenvalue weighted by Gasteiger charge is -2.21. The zero-order chi connectivity index (χ0) is 18.4. The summed E-state index contributed by atoms with van der Waals surface area (Å²) in [6.07, 6.45) is -0.804. The maximum Gasteiger partial charge on any atom is 0.220 e. The molecule has 0 saturated carbocycles. The van der Waals surface area contributed by atoms with Gasteiger partial charge in [0.25, 0.3) is 0 Å². The Bertz CT molecular complexity index is 719. The minimum Gasteiger partial charge on any atom is -0.497 e. The van der Waals surface area contributed by atoms with Gasteiger partial charge in [-0.25, -0.2) is 8.78 Å². The van der Waals surface area contributed by atoms with Gasteiger partial charge in [0.05, 0.1) is 19.3 Å². The quantitative estimate of drug-likeness (QED) is 0.807. The van der Waals surface area contributed by atoms with Gasteiger partial charge in [-0.1, -0.05) is 12.1 Å². The minimum absolute atomic E-state index is 0.0000455. The molecule has 0 saturated heterocycles. The lowest BCUT2D eigenvalue weighted by molar-refractivity contribution is -0.122. The van der Waals surface area contributed by atoms with Crippen molar-refractivity contribution in [2.75, 3.05) is 7.11 Å². The molecule has 2 unspecified atom stereocenters. The molecular weight excluding hydrogens is 328 g/mol. The third kappa shape index (κ3) is 5.26. The number of amides is 1. The van der Waals surface area contributed by atoms with E-state index in [1.807, 2.05) is 0 Å². The molecule has 1 amide bonds. The number of aliphatic hydroxyl groups is 1. The van der Waals surface area contributed by atoms with Gasteiger partial charge < -0.3 is 15.2 Å². The summed E-state index contributed by atoms with van der Waals surface area (Å²) < 4.78 is 31.7. The van der Waals surface area contributed by atoms with Gasteiger partial charge in [0.15, 0.2) is 0 Å². The number of hydrogen-bond acceptors (Lipinski definition) is 3. The fraction of sp³-hybridized carbons (Fsp3) is 0.316. The van der Waals surface area contributed by atoms with E-state index >= 15 is 0 Å². The van der Waals surface area contributed by atoms with Crippen LogP contribution in [0.4, 0.5) is 8.78 Å². The molecule has 6 heteroatoms. The number of methoxy groups -OCH3 is 1. The Kier molecular flexibility index (Phi) is 6.47. The number of nitrogens with one attached hydrogen (secondary N) is 1. The molecule has 0 bridgehead atoms. The largest absolute Gasteiger partial charge is 0.497 e. The zero-order valence-corrected chi connectivity index (χ0v) is 14.1. The first kappa shape index (κ1) is 18.9. The number of hydrogen-bond donors (Lipinski definition) is 2. The van der Waals surface area contributed by atoms with E-state index in [-0.39, 0.29) is 24.3 Å². The predicted molar refractivity (Wildman–Crippen MR) is 90.2 cm³/mol. The molecule has 2 atom stereocenters. The summed E-state index contributed by atoms with van der Waals surface area (Å²) in [5.41, 5.74) is 0.795. The average Bonchev–Trinajstić information content (AvgIpc) is 2.61. The number of aryl methyl sites for hydroxylation is 1. The molecule has 134 valence electrons. The van der Waals surface area contributed by atoms with E-state index in [0.717, 1.165) is 18.2 Å². The molecule has 0 fully saturated rings. The highest BCUT2D eigenvalue weighted by molar-refractivity contribution is 5.76. The number of benzene rings is 2. The van der Waals surface area contributed by atoms with Crippen molar-refractivity contribution < 1.29 is 23.4 Å². The number of halogens is 2. The molecule has 2 rings (SSSR count). The van der Waals surface area contributed by atoms with Gasteiger partial charge in [0.2, 0.25) is 5.91 Å². The second-order valence-corrected chi connectivity index (χ2v) is 5.81. The molecule has 0 radical (unpaired) electrons. The average molecular weight is 349 g/mol. The predicted octanol–water partition coefficient (Wildman–Crippen LogP) is 3.14. The molecule has 0 aliphatic rings. The first-order valence-corrected chi connectivity index (χ1v) is 7.96. The monoisotopic (exact) mass is 349 g/mol. The molecule has 0 heterocycles. The van der Waals surface area contributed by atoms with Crippen LogP contribution >= 0.6 is 0 Å². The van der Waals surface area contributed by atoms with Crippen LogP contribution < -0.4 is 10.1 Å². The molecule has 0 spiro atoms. The lowest BCUT2D eigenvalue weighted by atomic mass is 10.0. The van der Waals surface area contributed by atoms with Crippen LogP contribution in [0.2, 0.25) is 0 Å². The van der Waals surface area contributed by atoms with E-state index in [1.165, 1.54) is 0 Å². The topological polar surface area (TPSA) is 58.6 Å². The lowest BCUT2D eigenvalue weighted by Crippen LogP contribution is -2.37. The van der Waals surface area contributed by atoms with Crippen LogP contribution in [0.25, 0.3) is 0 Å². The first-order valence-electron chi connectivity index (χ1n) is 7.96. The maximum atomic E-state index is 13.5. The van der Waals surface area contributed by atoms with Crippen molar-refractivity contribution >= 4 is 5.91 Å². The van der Waals surface area contributed by atoms with Crippen molar-refractivity contribution in [3.8, 4) is 5.75 Å². The van der Waals surface area contributed by atoms with Crippen molar-refractivity contribution in [2.45, 2.75) is 31.9 Å². The van der Waals surface area contributed by atoms with E-state index in [9.17, 15) is 18.7 Å². The SMILES string of the molecule is COc1ccc(C(O)C(C)NC(=O)CCc2cc(F)ccc2F)cc1. The number of carbonyl (C=O) groups is 1. The number of carbonyl (C=O) groups excluding carboxylic acids is 1. The van der Waals surface area contributed by atoms with E-state index in [1.54, 1.807) is 38.3 Å². The molecular formula is C19H21F2NO3. The Labute approximate surface area is 145 Å². The number of rotatable bonds is 7. The van der Waals surface area contributed by atoms with Crippen LogP contribution in [0, 0.1) is 11.6 Å². The Morgan fingerprint density at radius 3 is 2.52 bits per heavy atom. The van der Waals surface area contributed by atoms with Crippen molar-refractivity contribution in [3.05, 3.63) is 65.2 Å². The third-order valence-corrected chi connectivity index (χ3v) is 3.95. The Morgan fingerprint density at radius 2 is 1.88 bits per heavy atom. The van der Waals surface area contributed by atoms with Crippen LogP contribution in [0.5, 0.6) is 5.75 Å². The molecule has 4 nitrogen and oxygen atoms in total. The van der Waals surface area contributed by atoms with Gasteiger partial charge in [-0.2, -0.15) is 0 Å². The highest BCUT2D eigenvalue weighted by Crippen LogP contribution is 2.20. The van der Waals surface area contributed by atoms with Crippen LogP contribution in [0.1, 0.15) is 30.6 Å². The van der Waals surface area contributed by atoms with E-state index in [2.05, 4.69) is 5.32 Å². The van der Waals surface area contributed by atoms with Gasteiger partial charge in [0, 0.05) is 6.42 Å². The highest BCUT2D eigenvalue weighted by Gasteiger charge is 2.18. The normalized spacial score (nSPS) is 13.2. The van der Waals surface area contributed by atoms with Crippen molar-refractivity contribution in [3.63, 3.8) is 0 Å². The van der Waals surface area contributed by atoms with Crippen molar-refractivity contribution in [2.24, 2.45) is 0 Å². The molecule has 2 aromatic rings. The van der Waals surface area contributed by atoms with Crippen LogP contribution in [0.3, 0.4) is 0 Å². The second-order valence-electron chi connectivity index (χ2n) is 5.81. The Morgan fingerprint density at radius 1 is 1.20 bits per heavy atom. The van der Waals surface area contributed by atoms with E-state index in [0.29, 0.717) is 11.3 Å². The molecule has 2 aromatic carbocycles. The fourth-order valence-corrected chi connectivity index (χ4v) is 2.48. The molecule has 0 aliphatic heterocycles. The van der Waals surface area contributed by atoms with E-state index < -0.39 is 23.8 Å². The highest BCUT2D eigenvalue weighted by atomic mass is 19.1. The molecule has 0 aliphatic carbocycles. The molecule has 0 aromatic heterocycles. The smallest absolute Gasteiger partial charge is 0.220 e. The number of aliphatic hydroxyl groups excluding tert-OH is 1. The van der Waals surface area contributed by atoms with Gasteiger partial charge in [-0.05, 0) is 54.8 Å². The van der Waals surface area contributed by atoms with E-state index in [4.69, 9.17) is 4.74 Å². The van der Waals surface area contributed by atoms with Gasteiger partial charge in [-0.15, -0.1) is 0 Å². The minimum atomic E-state index is -0.888. The summed E-state index contributed by atoms with van der Waals surface area (Å²) in [6, 6.07) is 9.50. The Balaban J connectivity index is 1.89. The maximum absolute atomic E-state index is 13.5. The zero-order valence-electron chi connectivity index (χ0n) is 14.1. The summed E-state index contributed by atoms with van der Waals surface area (Å²) in [5.74, 6) is -0.755. The van der Waals surface area contributed by atoms with Crippen LogP contribution in [-0.2, 0) is 11.2 Å². The van der Waals surface area contributed by atoms with Crippen LogP contribution in [0.15, 0.2) is 42.5 Å². The fourth-order valence-electron chi connectivity index (χ4n) is 2.48. The van der Waals surface area contributed by atoms with Gasteiger partial charge in [-0.3, -0.25) is 4.79 Å².